The van der Waals surface area contributed by atoms with Crippen molar-refractivity contribution in [3.63, 3.8) is 0 Å². The molecule has 9 nitrogen and oxygen atoms in total. The summed E-state index contributed by atoms with van der Waals surface area (Å²) in [4.78, 5) is 8.98. The fourth-order valence-corrected chi connectivity index (χ4v) is 3.63. The molecule has 0 atom stereocenters. The number of benzene rings is 2. The molecule has 2 aromatic heterocycles. The minimum Gasteiger partial charge on any atom is -0.497 e. The first-order valence-electron chi connectivity index (χ1n) is 9.38. The molecule has 2 heterocycles. The molecule has 4 aromatic rings. The zero-order valence-electron chi connectivity index (χ0n) is 17.2. The Morgan fingerprint density at radius 3 is 2.71 bits per heavy atom. The van der Waals surface area contributed by atoms with Crippen molar-refractivity contribution >= 4 is 39.0 Å². The van der Waals surface area contributed by atoms with E-state index in [1.165, 1.54) is 0 Å². The number of para-hydroxylation sites is 1. The molecule has 0 aliphatic rings. The molecule has 2 N–H and O–H groups in total. The number of nitrogens with zero attached hydrogens (tertiary/aromatic N) is 4. The second kappa shape index (κ2) is 9.09. The number of hydrogen-bond donors (Lipinski definition) is 2. The Balaban J connectivity index is 1.63. The Morgan fingerprint density at radius 1 is 1.06 bits per heavy atom. The van der Waals surface area contributed by atoms with Crippen LogP contribution in [0.15, 0.2) is 53.3 Å². The van der Waals surface area contributed by atoms with Crippen molar-refractivity contribution in [3.8, 4) is 17.2 Å². The summed E-state index contributed by atoms with van der Waals surface area (Å²) in [6.07, 6.45) is 3.43. The highest BCUT2D eigenvalue weighted by atomic mass is 79.9. The van der Waals surface area contributed by atoms with Gasteiger partial charge in [0.25, 0.3) is 0 Å². The van der Waals surface area contributed by atoms with Crippen LogP contribution in [0.1, 0.15) is 5.56 Å². The molecule has 2 aromatic carbocycles. The largest absolute Gasteiger partial charge is 0.497 e. The van der Waals surface area contributed by atoms with Gasteiger partial charge >= 0.3 is 0 Å². The van der Waals surface area contributed by atoms with E-state index in [2.05, 4.69) is 41.6 Å². The zero-order chi connectivity index (χ0) is 21.8. The van der Waals surface area contributed by atoms with Crippen molar-refractivity contribution in [2.24, 2.45) is 0 Å². The van der Waals surface area contributed by atoms with Crippen LogP contribution in [0.4, 0.5) is 17.5 Å². The van der Waals surface area contributed by atoms with Gasteiger partial charge in [0.2, 0.25) is 5.95 Å². The van der Waals surface area contributed by atoms with Gasteiger partial charge in [-0.2, -0.15) is 4.98 Å². The number of methoxy groups -OCH3 is 3. The molecule has 0 saturated heterocycles. The number of anilines is 3. The summed E-state index contributed by atoms with van der Waals surface area (Å²) < 4.78 is 18.7. The molecule has 10 heteroatoms. The van der Waals surface area contributed by atoms with Crippen LogP contribution in [-0.2, 0) is 6.54 Å². The van der Waals surface area contributed by atoms with E-state index >= 15 is 0 Å². The molecule has 0 aliphatic heterocycles. The number of rotatable bonds is 8. The second-order valence-corrected chi connectivity index (χ2v) is 7.31. The van der Waals surface area contributed by atoms with E-state index in [4.69, 9.17) is 14.2 Å². The summed E-state index contributed by atoms with van der Waals surface area (Å²) in [6.45, 7) is 0.465. The fraction of sp³-hybridized carbons (Fsp3) is 0.190. The smallest absolute Gasteiger partial charge is 0.243 e. The highest BCUT2D eigenvalue weighted by molar-refractivity contribution is 9.10. The third kappa shape index (κ3) is 4.33. The Morgan fingerprint density at radius 2 is 1.94 bits per heavy atom. The van der Waals surface area contributed by atoms with Crippen molar-refractivity contribution in [1.29, 1.82) is 0 Å². The van der Waals surface area contributed by atoms with Crippen LogP contribution in [-0.4, -0.2) is 40.9 Å². The van der Waals surface area contributed by atoms with E-state index in [1.807, 2.05) is 36.4 Å². The predicted molar refractivity (Wildman–Crippen MR) is 122 cm³/mol. The first-order chi connectivity index (χ1) is 15.1. The average Bonchev–Trinajstić information content (AvgIpc) is 3.27. The molecule has 0 saturated carbocycles. The van der Waals surface area contributed by atoms with Crippen LogP contribution >= 0.6 is 15.9 Å². The van der Waals surface area contributed by atoms with Crippen molar-refractivity contribution in [1.82, 2.24) is 19.6 Å². The van der Waals surface area contributed by atoms with Gasteiger partial charge in [0.15, 0.2) is 17.2 Å². The van der Waals surface area contributed by atoms with E-state index in [0.29, 0.717) is 35.5 Å². The summed E-state index contributed by atoms with van der Waals surface area (Å²) in [6, 6.07) is 11.4. The normalized spacial score (nSPS) is 10.7. The van der Waals surface area contributed by atoms with Crippen LogP contribution < -0.4 is 24.8 Å². The van der Waals surface area contributed by atoms with E-state index < -0.39 is 0 Å². The van der Waals surface area contributed by atoms with Gasteiger partial charge in [-0.25, -0.2) is 9.50 Å². The Kier molecular flexibility index (Phi) is 6.08. The number of aromatic nitrogens is 4. The quantitative estimate of drug-likeness (QED) is 0.382. The van der Waals surface area contributed by atoms with Gasteiger partial charge in [0.05, 0.1) is 31.5 Å². The fourth-order valence-electron chi connectivity index (χ4n) is 3.10. The molecule has 0 radical (unpaired) electrons. The molecule has 0 amide bonds. The third-order valence-electron chi connectivity index (χ3n) is 4.61. The standard InChI is InChI=1S/C21H21BrN6O3/c1-29-14-8-7-13(17(11-14)30-2)12-24-21-26-19(20-23-9-10-28(20)27-21)25-16-6-4-5-15(22)18(16)31-3/h4-11H,12H2,1-3H3,(H2,24,25,26,27). The van der Waals surface area contributed by atoms with E-state index in [-0.39, 0.29) is 0 Å². The lowest BCUT2D eigenvalue weighted by Crippen LogP contribution is -2.10. The van der Waals surface area contributed by atoms with Gasteiger partial charge in [0, 0.05) is 30.6 Å². The van der Waals surface area contributed by atoms with Gasteiger partial charge in [-0.05, 0) is 40.2 Å². The highest BCUT2D eigenvalue weighted by Gasteiger charge is 2.14. The van der Waals surface area contributed by atoms with Gasteiger partial charge < -0.3 is 24.8 Å². The van der Waals surface area contributed by atoms with E-state index in [9.17, 15) is 0 Å². The average molecular weight is 485 g/mol. The van der Waals surface area contributed by atoms with Crippen LogP contribution in [0.2, 0.25) is 0 Å². The zero-order valence-corrected chi connectivity index (χ0v) is 18.8. The molecule has 0 unspecified atom stereocenters. The Hall–Kier alpha value is -3.53. The minimum absolute atomic E-state index is 0.430. The Bertz CT molecular complexity index is 1210. The SMILES string of the molecule is COc1ccc(CNc2nc(Nc3cccc(Br)c3OC)c3nccn3n2)c(OC)c1. The lowest BCUT2D eigenvalue weighted by molar-refractivity contribution is 0.391. The minimum atomic E-state index is 0.430. The van der Waals surface area contributed by atoms with Crippen molar-refractivity contribution in [2.75, 3.05) is 32.0 Å². The maximum absolute atomic E-state index is 5.50. The second-order valence-electron chi connectivity index (χ2n) is 6.46. The third-order valence-corrected chi connectivity index (χ3v) is 5.23. The number of halogens is 1. The summed E-state index contributed by atoms with van der Waals surface area (Å²) >= 11 is 3.50. The van der Waals surface area contributed by atoms with Crippen LogP contribution in [0.25, 0.3) is 5.65 Å². The first kappa shape index (κ1) is 20.7. The molecule has 0 aliphatic carbocycles. The lowest BCUT2D eigenvalue weighted by atomic mass is 10.2. The summed E-state index contributed by atoms with van der Waals surface area (Å²) in [5, 5.41) is 11.0. The predicted octanol–water partition coefficient (Wildman–Crippen LogP) is 4.27. The summed E-state index contributed by atoms with van der Waals surface area (Å²) in [7, 11) is 4.86. The van der Waals surface area contributed by atoms with Gasteiger partial charge in [-0.1, -0.05) is 6.07 Å². The summed E-state index contributed by atoms with van der Waals surface area (Å²) in [5.74, 6) is 3.09. The lowest BCUT2D eigenvalue weighted by Gasteiger charge is -2.14. The van der Waals surface area contributed by atoms with E-state index in [0.717, 1.165) is 21.5 Å². The number of imidazole rings is 1. The van der Waals surface area contributed by atoms with Gasteiger partial charge in [0.1, 0.15) is 11.5 Å². The van der Waals surface area contributed by atoms with Crippen molar-refractivity contribution in [2.45, 2.75) is 6.54 Å². The molecule has 31 heavy (non-hydrogen) atoms. The number of hydrogen-bond acceptors (Lipinski definition) is 8. The molecule has 160 valence electrons. The number of ether oxygens (including phenoxy) is 3. The van der Waals surface area contributed by atoms with E-state index in [1.54, 1.807) is 38.2 Å². The molecule has 0 fully saturated rings. The van der Waals surface area contributed by atoms with Gasteiger partial charge in [-0.3, -0.25) is 0 Å². The molecular weight excluding hydrogens is 464 g/mol. The van der Waals surface area contributed by atoms with Crippen molar-refractivity contribution in [3.05, 3.63) is 58.8 Å². The topological polar surface area (TPSA) is 94.8 Å². The van der Waals surface area contributed by atoms with Crippen LogP contribution in [0, 0.1) is 0 Å². The Labute approximate surface area is 187 Å². The van der Waals surface area contributed by atoms with Crippen LogP contribution in [0.3, 0.4) is 0 Å². The van der Waals surface area contributed by atoms with Crippen LogP contribution in [0.5, 0.6) is 17.2 Å². The molecule has 4 rings (SSSR count). The molecule has 0 bridgehead atoms. The monoisotopic (exact) mass is 484 g/mol. The number of nitrogens with one attached hydrogen (secondary N) is 2. The maximum atomic E-state index is 5.50. The van der Waals surface area contributed by atoms with Crippen molar-refractivity contribution < 1.29 is 14.2 Å². The number of fused-ring (bicyclic) bond motifs is 1. The highest BCUT2D eigenvalue weighted by Crippen LogP contribution is 2.35. The first-order valence-corrected chi connectivity index (χ1v) is 10.2. The molecule has 0 spiro atoms. The molecular formula is C21H21BrN6O3. The van der Waals surface area contributed by atoms with Gasteiger partial charge in [-0.15, -0.1) is 5.10 Å². The summed E-state index contributed by atoms with van der Waals surface area (Å²) in [5.41, 5.74) is 2.29. The maximum Gasteiger partial charge on any atom is 0.243 e.